The molecule has 1 amide bonds. The Hall–Kier alpha value is -7.29. The van der Waals surface area contributed by atoms with E-state index in [1.54, 1.807) is 68.8 Å². The van der Waals surface area contributed by atoms with Crippen LogP contribution in [-0.2, 0) is 25.4 Å². The number of aliphatic hydroxyl groups excluding tert-OH is 1. The van der Waals surface area contributed by atoms with Crippen LogP contribution in [0.25, 0.3) is 11.2 Å². The van der Waals surface area contributed by atoms with Gasteiger partial charge in [0.05, 0.1) is 25.5 Å². The topological polar surface area (TPSA) is 228 Å². The molecule has 8 rings (SSSR count). The molecule has 0 aliphatic carbocycles. The summed E-state index contributed by atoms with van der Waals surface area (Å²) < 4.78 is 60.4. The van der Waals surface area contributed by atoms with Crippen molar-refractivity contribution in [3.63, 3.8) is 0 Å². The maximum Gasteiger partial charge on any atom is 0.382 e. The van der Waals surface area contributed by atoms with E-state index in [1.165, 1.54) is 17.2 Å². The third kappa shape index (κ3) is 8.76. The van der Waals surface area contributed by atoms with Crippen molar-refractivity contribution in [3.05, 3.63) is 178 Å². The normalized spacial score (nSPS) is 17.6. The Kier molecular flexibility index (Phi) is 12.1. The minimum absolute atomic E-state index is 0.103. The number of ether oxygens (including phenoxy) is 4. The van der Waals surface area contributed by atoms with E-state index in [0.717, 1.165) is 24.3 Å². The highest BCUT2D eigenvalue weighted by atomic mass is 32.2. The lowest BCUT2D eigenvalue weighted by Crippen LogP contribution is -2.45. The molecule has 1 aliphatic heterocycles. The highest BCUT2D eigenvalue weighted by Gasteiger charge is 2.52. The summed E-state index contributed by atoms with van der Waals surface area (Å²) in [6.45, 7) is -0.518. The number of hydrogen-bond donors (Lipinski definition) is 3. The number of nitrogens with one attached hydrogen (secondary N) is 2. The zero-order chi connectivity index (χ0) is 44.1. The van der Waals surface area contributed by atoms with Crippen LogP contribution in [0.4, 0.5) is 11.5 Å². The number of anilines is 1. The number of benzene rings is 5. The minimum atomic E-state index is -4.57. The molecular formula is C44H39N7O11S. The van der Waals surface area contributed by atoms with E-state index in [0.29, 0.717) is 33.8 Å². The Labute approximate surface area is 360 Å². The largest absolute Gasteiger partial charge is 0.497 e. The lowest BCUT2D eigenvalue weighted by atomic mass is 9.79. The molecule has 0 spiro atoms. The van der Waals surface area contributed by atoms with Crippen LogP contribution >= 0.6 is 0 Å². The molecule has 0 bridgehead atoms. The number of methoxy groups -OCH3 is 2. The highest BCUT2D eigenvalue weighted by molar-refractivity contribution is 7.85. The molecule has 7 aromatic rings. The van der Waals surface area contributed by atoms with Gasteiger partial charge in [-0.15, -0.1) is 0 Å². The fourth-order valence-corrected chi connectivity index (χ4v) is 8.12. The third-order valence-corrected chi connectivity index (χ3v) is 11.3. The lowest BCUT2D eigenvalue weighted by Gasteiger charge is -2.40. The van der Waals surface area contributed by atoms with Crippen molar-refractivity contribution in [1.29, 1.82) is 0 Å². The second kappa shape index (κ2) is 18.0. The lowest BCUT2D eigenvalue weighted by molar-refractivity contribution is -0.384. The molecule has 5 aromatic carbocycles. The van der Waals surface area contributed by atoms with E-state index in [9.17, 15) is 28.4 Å². The van der Waals surface area contributed by atoms with Crippen molar-refractivity contribution in [2.45, 2.75) is 30.1 Å². The first-order valence-corrected chi connectivity index (χ1v) is 20.7. The molecule has 3 heterocycles. The van der Waals surface area contributed by atoms with Gasteiger partial charge in [0.15, 0.2) is 23.2 Å². The number of hydrogen-bond acceptors (Lipinski definition) is 14. The number of amides is 1. The van der Waals surface area contributed by atoms with Crippen LogP contribution < -0.4 is 23.7 Å². The molecule has 4 atom stereocenters. The van der Waals surface area contributed by atoms with E-state index in [-0.39, 0.29) is 28.4 Å². The quantitative estimate of drug-likeness (QED) is 0.0615. The number of nitro groups is 1. The summed E-state index contributed by atoms with van der Waals surface area (Å²) in [5.74, 6) is 0.646. The van der Waals surface area contributed by atoms with Gasteiger partial charge in [0.25, 0.3) is 11.6 Å². The Morgan fingerprint density at radius 2 is 1.38 bits per heavy atom. The number of nitrogens with zero attached hydrogens (tertiary/aromatic N) is 5. The molecule has 63 heavy (non-hydrogen) atoms. The van der Waals surface area contributed by atoms with E-state index in [1.807, 2.05) is 54.6 Å². The van der Waals surface area contributed by atoms with Crippen LogP contribution in [0.1, 0.15) is 33.3 Å². The maximum atomic E-state index is 13.2. The predicted octanol–water partition coefficient (Wildman–Crippen LogP) is 5.55. The molecule has 1 fully saturated rings. The van der Waals surface area contributed by atoms with Crippen LogP contribution in [0.5, 0.6) is 17.2 Å². The van der Waals surface area contributed by atoms with Crippen LogP contribution in [0.2, 0.25) is 0 Å². The molecule has 3 N–H and O–H groups in total. The number of aliphatic hydroxyl groups is 1. The van der Waals surface area contributed by atoms with E-state index >= 15 is 0 Å². The summed E-state index contributed by atoms with van der Waals surface area (Å²) in [6.07, 6.45) is -2.75. The average Bonchev–Trinajstić information content (AvgIpc) is 3.88. The first kappa shape index (κ1) is 42.4. The van der Waals surface area contributed by atoms with Crippen LogP contribution in [0, 0.1) is 10.1 Å². The van der Waals surface area contributed by atoms with Gasteiger partial charge in [0.2, 0.25) is 0 Å². The fourth-order valence-electron chi connectivity index (χ4n) is 7.33. The third-order valence-electron chi connectivity index (χ3n) is 10.4. The van der Waals surface area contributed by atoms with Gasteiger partial charge in [0.1, 0.15) is 47.5 Å². The standard InChI is InChI=1S/C44H39N7O11S/c1-58-33-19-13-30(14-20-33)44(29-11-7-4-8-12-29,31-15-21-34(59-2)22-16-31)61-39-38(52)36(25-48-63(56,57)62-35-23-17-32(18-24-35)51(54)55)60-43(39)50-27-47-37-40(45-26-46-41(37)50)49-42(53)28-9-5-3-6-10-28/h3-24,26-27,36,38-39,43,48,52H,25H2,1-2H3,(H,45,46,49,53)/t36?,38-,39-,43-/m1/s1. The van der Waals surface area contributed by atoms with Crippen LogP contribution in [0.3, 0.4) is 0 Å². The monoisotopic (exact) mass is 873 g/mol. The Balaban J connectivity index is 1.21. The molecular weight excluding hydrogens is 835 g/mol. The summed E-state index contributed by atoms with van der Waals surface area (Å²) in [4.78, 5) is 37.1. The van der Waals surface area contributed by atoms with Gasteiger partial charge in [-0.25, -0.2) is 15.0 Å². The first-order chi connectivity index (χ1) is 30.5. The van der Waals surface area contributed by atoms with Gasteiger partial charge in [-0.1, -0.05) is 72.8 Å². The Morgan fingerprint density at radius 3 is 1.97 bits per heavy atom. The summed E-state index contributed by atoms with van der Waals surface area (Å²) in [5, 5.41) is 26.3. The van der Waals surface area contributed by atoms with E-state index in [4.69, 9.17) is 23.1 Å². The molecule has 0 saturated carbocycles. The molecule has 19 heteroatoms. The number of rotatable bonds is 16. The van der Waals surface area contributed by atoms with Crippen molar-refractivity contribution in [3.8, 4) is 17.2 Å². The fraction of sp³-hybridized carbons (Fsp3) is 0.182. The van der Waals surface area contributed by atoms with Crippen molar-refractivity contribution >= 4 is 38.9 Å². The van der Waals surface area contributed by atoms with Crippen molar-refractivity contribution in [2.24, 2.45) is 0 Å². The molecule has 2 aromatic heterocycles. The number of aromatic nitrogens is 4. The SMILES string of the molecule is COc1ccc(C(O[C@@H]2[C@H](O)C(CNS(=O)(=O)Oc3ccc([N+](=O)[O-])cc3)O[C@H]2n2cnc3c(NC(=O)c4ccccc4)ncnc32)(c2ccccc2)c2ccc(OC)cc2)cc1. The van der Waals surface area contributed by atoms with E-state index in [2.05, 4.69) is 25.0 Å². The van der Waals surface area contributed by atoms with Gasteiger partial charge < -0.3 is 33.6 Å². The molecule has 1 aliphatic rings. The first-order valence-electron chi connectivity index (χ1n) is 19.3. The molecule has 322 valence electrons. The van der Waals surface area contributed by atoms with Crippen LogP contribution in [-0.4, -0.2) is 83.0 Å². The zero-order valence-corrected chi connectivity index (χ0v) is 34.4. The number of carbonyl (C=O) groups is 1. The van der Waals surface area contributed by atoms with Gasteiger partial charge in [-0.05, 0) is 65.2 Å². The molecule has 1 unspecified atom stereocenters. The molecule has 0 radical (unpaired) electrons. The van der Waals surface area contributed by atoms with Crippen molar-refractivity contribution in [1.82, 2.24) is 24.2 Å². The van der Waals surface area contributed by atoms with Crippen molar-refractivity contribution < 1.29 is 46.4 Å². The van der Waals surface area contributed by atoms with Gasteiger partial charge in [-0.2, -0.15) is 13.1 Å². The summed E-state index contributed by atoms with van der Waals surface area (Å²) >= 11 is 0. The second-order valence-corrected chi connectivity index (χ2v) is 15.5. The number of imidazole rings is 1. The molecule has 1 saturated heterocycles. The summed E-state index contributed by atoms with van der Waals surface area (Å²) in [6, 6.07) is 36.9. The van der Waals surface area contributed by atoms with Crippen molar-refractivity contribution in [2.75, 3.05) is 26.1 Å². The Morgan fingerprint density at radius 1 is 0.810 bits per heavy atom. The second-order valence-electron chi connectivity index (χ2n) is 14.1. The zero-order valence-electron chi connectivity index (χ0n) is 33.5. The number of nitro benzene ring substituents is 1. The maximum absolute atomic E-state index is 13.2. The Bertz CT molecular complexity index is 2770. The predicted molar refractivity (Wildman–Crippen MR) is 227 cm³/mol. The van der Waals surface area contributed by atoms with E-state index < -0.39 is 57.8 Å². The summed E-state index contributed by atoms with van der Waals surface area (Å²) in [5.41, 5.74) is 0.962. The minimum Gasteiger partial charge on any atom is -0.497 e. The highest BCUT2D eigenvalue weighted by Crippen LogP contribution is 2.46. The average molecular weight is 874 g/mol. The van der Waals surface area contributed by atoms with Gasteiger partial charge in [0, 0.05) is 24.2 Å². The molecule has 18 nitrogen and oxygen atoms in total. The van der Waals surface area contributed by atoms with Crippen LogP contribution in [0.15, 0.2) is 146 Å². The smallest absolute Gasteiger partial charge is 0.382 e. The van der Waals surface area contributed by atoms with Gasteiger partial charge >= 0.3 is 10.3 Å². The number of carbonyl (C=O) groups excluding carboxylic acids is 1. The summed E-state index contributed by atoms with van der Waals surface area (Å²) in [7, 11) is -1.47. The number of non-ortho nitro benzene ring substituents is 1. The number of fused-ring (bicyclic) bond motifs is 1. The van der Waals surface area contributed by atoms with Gasteiger partial charge in [-0.3, -0.25) is 19.5 Å².